The second kappa shape index (κ2) is 3.01. The van der Waals surface area contributed by atoms with Gasteiger partial charge in [-0.2, -0.15) is 0 Å². The van der Waals surface area contributed by atoms with Gasteiger partial charge in [0, 0.05) is 16.2 Å². The number of fused-ring (bicyclic) bond motifs is 8. The average Bonchev–Trinajstić information content (AvgIpc) is 3.17. The normalized spacial score (nSPS) is 12.2. The molecule has 0 aliphatic carbocycles. The summed E-state index contributed by atoms with van der Waals surface area (Å²) in [5, 5.41) is 5.25. The van der Waals surface area contributed by atoms with E-state index in [0.29, 0.717) is 0 Å². The molecule has 0 aliphatic rings. The third kappa shape index (κ3) is 0.993. The highest BCUT2D eigenvalue weighted by Gasteiger charge is 2.16. The van der Waals surface area contributed by atoms with E-state index in [1.54, 1.807) is 18.8 Å². The molecular weight excluding hydrogens is 240 g/mol. The number of furan rings is 3. The highest BCUT2D eigenvalue weighted by atomic mass is 16.3. The van der Waals surface area contributed by atoms with Gasteiger partial charge >= 0.3 is 0 Å². The minimum absolute atomic E-state index is 0.818. The van der Waals surface area contributed by atoms with Crippen LogP contribution in [0.3, 0.4) is 0 Å². The number of hydrogen-bond donors (Lipinski definition) is 0. The van der Waals surface area contributed by atoms with Crippen LogP contribution in [0.4, 0.5) is 0 Å². The van der Waals surface area contributed by atoms with Gasteiger partial charge in [0.25, 0.3) is 0 Å². The first-order valence-electron chi connectivity index (χ1n) is 6.10. The van der Waals surface area contributed by atoms with Gasteiger partial charge in [0.2, 0.25) is 0 Å². The molecule has 0 spiro atoms. The molecule has 0 saturated heterocycles. The molecule has 3 heterocycles. The van der Waals surface area contributed by atoms with E-state index < -0.39 is 0 Å². The van der Waals surface area contributed by atoms with Crippen molar-refractivity contribution in [3.8, 4) is 0 Å². The molecule has 90 valence electrons. The molecule has 0 atom stereocenters. The maximum absolute atomic E-state index is 5.67. The van der Waals surface area contributed by atoms with Crippen LogP contribution in [-0.2, 0) is 0 Å². The number of hydrogen-bond acceptors (Lipinski definition) is 3. The predicted molar refractivity (Wildman–Crippen MR) is 73.3 cm³/mol. The van der Waals surface area contributed by atoms with Crippen LogP contribution < -0.4 is 0 Å². The predicted octanol–water partition coefficient (Wildman–Crippen LogP) is 5.08. The minimum atomic E-state index is 0.818. The van der Waals surface area contributed by atoms with Crippen molar-refractivity contribution in [3.05, 3.63) is 49.1 Å². The molecule has 5 rings (SSSR count). The minimum Gasteiger partial charge on any atom is -0.464 e. The molecule has 2 aromatic carbocycles. The first-order valence-corrected chi connectivity index (χ1v) is 6.10. The van der Waals surface area contributed by atoms with Crippen molar-refractivity contribution in [2.45, 2.75) is 0 Å². The third-order valence-electron chi connectivity index (χ3n) is 3.71. The molecule has 3 heteroatoms. The standard InChI is InChI=1S/C16H8O3/c1-2-10-11-4-7-18-15(11)12-5-8-19-16(12)13(10)14-9(1)3-6-17-14/h1-8H. The first-order chi connectivity index (χ1) is 9.43. The highest BCUT2D eigenvalue weighted by Crippen LogP contribution is 2.39. The molecule has 19 heavy (non-hydrogen) atoms. The Morgan fingerprint density at radius 1 is 0.526 bits per heavy atom. The SMILES string of the molecule is c1cc2c3ccc4ccoc4c3c3occc3c2o1. The summed E-state index contributed by atoms with van der Waals surface area (Å²) in [6.45, 7) is 0. The highest BCUT2D eigenvalue weighted by molar-refractivity contribution is 6.27. The summed E-state index contributed by atoms with van der Waals surface area (Å²) in [6, 6.07) is 10.0. The Bertz CT molecular complexity index is 1060. The number of benzene rings is 2. The van der Waals surface area contributed by atoms with E-state index in [0.717, 1.165) is 43.7 Å². The fourth-order valence-electron chi connectivity index (χ4n) is 2.89. The van der Waals surface area contributed by atoms with Crippen LogP contribution in [0.5, 0.6) is 0 Å². The van der Waals surface area contributed by atoms with E-state index in [1.807, 2.05) is 18.2 Å². The largest absolute Gasteiger partial charge is 0.464 e. The van der Waals surface area contributed by atoms with Gasteiger partial charge in [-0.25, -0.2) is 0 Å². The molecule has 0 amide bonds. The van der Waals surface area contributed by atoms with Crippen LogP contribution in [0.2, 0.25) is 0 Å². The molecule has 5 aromatic rings. The van der Waals surface area contributed by atoms with Gasteiger partial charge in [-0.1, -0.05) is 12.1 Å². The van der Waals surface area contributed by atoms with Crippen molar-refractivity contribution in [1.29, 1.82) is 0 Å². The Kier molecular flexibility index (Phi) is 1.47. The summed E-state index contributed by atoms with van der Waals surface area (Å²) in [4.78, 5) is 0. The lowest BCUT2D eigenvalue weighted by Crippen LogP contribution is -1.77. The molecular formula is C16H8O3. The fourth-order valence-corrected chi connectivity index (χ4v) is 2.89. The second-order valence-corrected chi connectivity index (χ2v) is 4.65. The topological polar surface area (TPSA) is 39.4 Å². The lowest BCUT2D eigenvalue weighted by atomic mass is 10.0. The second-order valence-electron chi connectivity index (χ2n) is 4.65. The summed E-state index contributed by atoms with van der Waals surface area (Å²) >= 11 is 0. The average molecular weight is 248 g/mol. The smallest absolute Gasteiger partial charge is 0.149 e. The van der Waals surface area contributed by atoms with Crippen LogP contribution in [0, 0.1) is 0 Å². The molecule has 0 saturated carbocycles. The van der Waals surface area contributed by atoms with E-state index in [-0.39, 0.29) is 0 Å². The van der Waals surface area contributed by atoms with E-state index in [2.05, 4.69) is 12.1 Å². The zero-order valence-corrected chi connectivity index (χ0v) is 9.84. The van der Waals surface area contributed by atoms with Gasteiger partial charge in [0.15, 0.2) is 0 Å². The van der Waals surface area contributed by atoms with Gasteiger partial charge in [-0.15, -0.1) is 0 Å². The molecule has 0 radical (unpaired) electrons. The Morgan fingerprint density at radius 2 is 1.26 bits per heavy atom. The van der Waals surface area contributed by atoms with Crippen LogP contribution in [0.15, 0.2) is 62.4 Å². The molecule has 0 bridgehead atoms. The van der Waals surface area contributed by atoms with E-state index in [4.69, 9.17) is 13.3 Å². The van der Waals surface area contributed by atoms with Gasteiger partial charge in [-0.05, 0) is 18.2 Å². The molecule has 0 fully saturated rings. The van der Waals surface area contributed by atoms with E-state index in [1.165, 1.54) is 0 Å². The summed E-state index contributed by atoms with van der Waals surface area (Å²) in [7, 11) is 0. The Morgan fingerprint density at radius 3 is 2.21 bits per heavy atom. The van der Waals surface area contributed by atoms with Gasteiger partial charge < -0.3 is 13.3 Å². The summed E-state index contributed by atoms with van der Waals surface area (Å²) in [6.07, 6.45) is 5.11. The van der Waals surface area contributed by atoms with E-state index >= 15 is 0 Å². The van der Waals surface area contributed by atoms with Crippen LogP contribution in [0.1, 0.15) is 0 Å². The van der Waals surface area contributed by atoms with Crippen molar-refractivity contribution >= 4 is 43.7 Å². The molecule has 3 aromatic heterocycles. The van der Waals surface area contributed by atoms with Crippen molar-refractivity contribution in [2.24, 2.45) is 0 Å². The van der Waals surface area contributed by atoms with Crippen molar-refractivity contribution in [3.63, 3.8) is 0 Å². The van der Waals surface area contributed by atoms with Crippen LogP contribution in [0.25, 0.3) is 43.7 Å². The third-order valence-corrected chi connectivity index (χ3v) is 3.71. The van der Waals surface area contributed by atoms with Gasteiger partial charge in [0.1, 0.15) is 16.7 Å². The maximum Gasteiger partial charge on any atom is 0.149 e. The molecule has 3 nitrogen and oxygen atoms in total. The lowest BCUT2D eigenvalue weighted by Gasteiger charge is -2.02. The Balaban J connectivity index is 2.30. The van der Waals surface area contributed by atoms with Gasteiger partial charge in [-0.3, -0.25) is 0 Å². The first kappa shape index (κ1) is 9.28. The Labute approximate surface area is 107 Å². The van der Waals surface area contributed by atoms with Crippen molar-refractivity contribution < 1.29 is 13.3 Å². The van der Waals surface area contributed by atoms with Crippen LogP contribution >= 0.6 is 0 Å². The zero-order valence-electron chi connectivity index (χ0n) is 9.84. The summed E-state index contributed by atoms with van der Waals surface area (Å²) in [5.41, 5.74) is 2.54. The molecule has 0 aliphatic heterocycles. The monoisotopic (exact) mass is 248 g/mol. The van der Waals surface area contributed by atoms with Crippen molar-refractivity contribution in [2.75, 3.05) is 0 Å². The molecule has 0 N–H and O–H groups in total. The van der Waals surface area contributed by atoms with Crippen LogP contribution in [-0.4, -0.2) is 0 Å². The number of rotatable bonds is 0. The van der Waals surface area contributed by atoms with Gasteiger partial charge in [0.05, 0.1) is 29.6 Å². The molecule has 0 unspecified atom stereocenters. The lowest BCUT2D eigenvalue weighted by molar-refractivity contribution is 0.609. The fraction of sp³-hybridized carbons (Fsp3) is 0. The summed E-state index contributed by atoms with van der Waals surface area (Å²) < 4.78 is 16.9. The van der Waals surface area contributed by atoms with E-state index in [9.17, 15) is 0 Å². The zero-order chi connectivity index (χ0) is 12.4. The quantitative estimate of drug-likeness (QED) is 0.383. The summed E-state index contributed by atoms with van der Waals surface area (Å²) in [5.74, 6) is 0. The Hall–Kier alpha value is -2.68. The maximum atomic E-state index is 5.67. The van der Waals surface area contributed by atoms with Crippen molar-refractivity contribution in [1.82, 2.24) is 0 Å².